The minimum Gasteiger partial charge on any atom is -0.479 e. The lowest BCUT2D eigenvalue weighted by molar-refractivity contribution is -0.144. The Morgan fingerprint density at radius 3 is 2.43 bits per heavy atom. The maximum Gasteiger partial charge on any atom is 0.332 e. The lowest BCUT2D eigenvalue weighted by atomic mass is 9.99. The number of carboxylic acids is 1. The highest BCUT2D eigenvalue weighted by molar-refractivity contribution is 5.94. The largest absolute Gasteiger partial charge is 0.479 e. The van der Waals surface area contributed by atoms with Gasteiger partial charge in [-0.25, -0.2) is 9.59 Å². The Morgan fingerprint density at radius 2 is 1.95 bits per heavy atom. The van der Waals surface area contributed by atoms with Crippen LogP contribution in [0.3, 0.4) is 0 Å². The molecule has 1 heterocycles. The molecule has 3 N–H and O–H groups in total. The van der Waals surface area contributed by atoms with E-state index in [1.807, 2.05) is 12.1 Å². The van der Waals surface area contributed by atoms with Gasteiger partial charge in [0, 0.05) is 18.7 Å². The first-order chi connectivity index (χ1) is 9.93. The summed E-state index contributed by atoms with van der Waals surface area (Å²) in [7, 11) is 0. The van der Waals surface area contributed by atoms with Crippen LogP contribution in [0.4, 0.5) is 10.5 Å². The fourth-order valence-electron chi connectivity index (χ4n) is 2.22. The number of urea groups is 1. The number of benzene rings is 1. The van der Waals surface area contributed by atoms with Crippen molar-refractivity contribution in [1.82, 2.24) is 5.32 Å². The monoisotopic (exact) mass is 292 g/mol. The minimum absolute atomic E-state index is 0.0119. The van der Waals surface area contributed by atoms with Crippen LogP contribution in [0.1, 0.15) is 31.7 Å². The topological polar surface area (TPSA) is 87.7 Å². The van der Waals surface area contributed by atoms with E-state index in [0.717, 1.165) is 0 Å². The van der Waals surface area contributed by atoms with E-state index in [1.165, 1.54) is 5.56 Å². The van der Waals surface area contributed by atoms with Gasteiger partial charge in [0.05, 0.1) is 6.61 Å². The number of anilines is 1. The molecule has 1 aliphatic heterocycles. The summed E-state index contributed by atoms with van der Waals surface area (Å²) in [6, 6.07) is 6.93. The molecule has 21 heavy (non-hydrogen) atoms. The highest BCUT2D eigenvalue weighted by Gasteiger charge is 2.44. The quantitative estimate of drug-likeness (QED) is 0.793. The Balaban J connectivity index is 1.99. The Hall–Kier alpha value is -2.08. The molecule has 1 aromatic rings. The van der Waals surface area contributed by atoms with Gasteiger partial charge in [-0.3, -0.25) is 0 Å². The van der Waals surface area contributed by atoms with Crippen molar-refractivity contribution in [1.29, 1.82) is 0 Å². The average molecular weight is 292 g/mol. The van der Waals surface area contributed by atoms with Gasteiger partial charge in [0.25, 0.3) is 0 Å². The molecule has 1 unspecified atom stereocenters. The Bertz CT molecular complexity index is 519. The van der Waals surface area contributed by atoms with Crippen LogP contribution in [0.5, 0.6) is 0 Å². The van der Waals surface area contributed by atoms with Crippen LogP contribution in [0.2, 0.25) is 0 Å². The van der Waals surface area contributed by atoms with E-state index in [0.29, 0.717) is 18.2 Å². The molecule has 1 aliphatic rings. The van der Waals surface area contributed by atoms with Crippen LogP contribution in [0.15, 0.2) is 24.3 Å². The number of carboxylic acid groups (broad SMARTS) is 1. The van der Waals surface area contributed by atoms with Gasteiger partial charge in [0.1, 0.15) is 0 Å². The van der Waals surface area contributed by atoms with Crippen molar-refractivity contribution in [3.05, 3.63) is 29.8 Å². The van der Waals surface area contributed by atoms with Crippen LogP contribution in [-0.2, 0) is 9.53 Å². The van der Waals surface area contributed by atoms with Crippen molar-refractivity contribution >= 4 is 17.7 Å². The maximum absolute atomic E-state index is 12.0. The van der Waals surface area contributed by atoms with Gasteiger partial charge in [-0.1, -0.05) is 26.0 Å². The highest BCUT2D eigenvalue weighted by atomic mass is 16.5. The van der Waals surface area contributed by atoms with E-state index in [4.69, 9.17) is 4.74 Å². The molecule has 0 radical (unpaired) electrons. The van der Waals surface area contributed by atoms with E-state index in [9.17, 15) is 14.7 Å². The zero-order valence-electron chi connectivity index (χ0n) is 12.2. The molecule has 1 atom stereocenters. The summed E-state index contributed by atoms with van der Waals surface area (Å²) in [5.41, 5.74) is 0.464. The van der Waals surface area contributed by atoms with Gasteiger partial charge in [0.2, 0.25) is 0 Å². The summed E-state index contributed by atoms with van der Waals surface area (Å²) in [5, 5.41) is 14.4. The van der Waals surface area contributed by atoms with Crippen molar-refractivity contribution in [3.63, 3.8) is 0 Å². The minimum atomic E-state index is -1.33. The van der Waals surface area contributed by atoms with Crippen molar-refractivity contribution < 1.29 is 19.4 Å². The molecule has 114 valence electrons. The zero-order valence-corrected chi connectivity index (χ0v) is 12.2. The van der Waals surface area contributed by atoms with E-state index >= 15 is 0 Å². The second-order valence-electron chi connectivity index (χ2n) is 5.55. The van der Waals surface area contributed by atoms with Crippen molar-refractivity contribution in [2.75, 3.05) is 18.5 Å². The molecule has 0 spiro atoms. The molecular weight excluding hydrogens is 272 g/mol. The first kappa shape index (κ1) is 15.3. The number of rotatable bonds is 4. The molecule has 6 heteroatoms. The summed E-state index contributed by atoms with van der Waals surface area (Å²) in [6.45, 7) is 4.50. The molecule has 6 nitrogen and oxygen atoms in total. The van der Waals surface area contributed by atoms with Crippen molar-refractivity contribution in [2.24, 2.45) is 0 Å². The van der Waals surface area contributed by atoms with Crippen LogP contribution in [-0.4, -0.2) is 35.9 Å². The predicted molar refractivity (Wildman–Crippen MR) is 78.5 cm³/mol. The van der Waals surface area contributed by atoms with Crippen LogP contribution in [0, 0.1) is 0 Å². The fourth-order valence-corrected chi connectivity index (χ4v) is 2.22. The molecule has 0 aliphatic carbocycles. The fraction of sp³-hybridized carbons (Fsp3) is 0.467. The SMILES string of the molecule is CC(C)c1ccc(NC(=O)NC2(C(=O)O)CCOC2)cc1. The maximum atomic E-state index is 12.0. The van der Waals surface area contributed by atoms with Crippen molar-refractivity contribution in [3.8, 4) is 0 Å². The summed E-state index contributed by atoms with van der Waals surface area (Å²) in [5.74, 6) is -0.663. The molecule has 0 saturated carbocycles. The van der Waals surface area contributed by atoms with Gasteiger partial charge < -0.3 is 20.5 Å². The van der Waals surface area contributed by atoms with Gasteiger partial charge >= 0.3 is 12.0 Å². The smallest absolute Gasteiger partial charge is 0.332 e. The Labute approximate surface area is 123 Å². The molecule has 2 rings (SSSR count). The van der Waals surface area contributed by atoms with E-state index in [2.05, 4.69) is 24.5 Å². The molecular formula is C15H20N2O4. The van der Waals surface area contributed by atoms with E-state index < -0.39 is 17.5 Å². The number of nitrogens with one attached hydrogen (secondary N) is 2. The second kappa shape index (κ2) is 6.13. The molecule has 0 aromatic heterocycles. The number of ether oxygens (including phenoxy) is 1. The summed E-state index contributed by atoms with van der Waals surface area (Å²) in [4.78, 5) is 23.3. The predicted octanol–water partition coefficient (Wildman–Crippen LogP) is 2.18. The van der Waals surface area contributed by atoms with Gasteiger partial charge in [-0.05, 0) is 23.6 Å². The van der Waals surface area contributed by atoms with Crippen LogP contribution >= 0.6 is 0 Å². The van der Waals surface area contributed by atoms with Gasteiger partial charge in [-0.2, -0.15) is 0 Å². The third-order valence-electron chi connectivity index (χ3n) is 3.62. The number of hydrogen-bond acceptors (Lipinski definition) is 3. The number of carbonyl (C=O) groups excluding carboxylic acids is 1. The number of aliphatic carboxylic acids is 1. The zero-order chi connectivity index (χ0) is 15.5. The Morgan fingerprint density at radius 1 is 1.29 bits per heavy atom. The van der Waals surface area contributed by atoms with Crippen LogP contribution < -0.4 is 10.6 Å². The lowest BCUT2D eigenvalue weighted by Gasteiger charge is -2.23. The lowest BCUT2D eigenvalue weighted by Crippen LogP contribution is -2.56. The standard InChI is InChI=1S/C15H20N2O4/c1-10(2)11-3-5-12(6-4-11)16-14(20)17-15(13(18)19)7-8-21-9-15/h3-6,10H,7-9H2,1-2H3,(H,18,19)(H2,16,17,20). The molecule has 2 amide bonds. The normalized spacial score (nSPS) is 21.3. The molecule has 1 saturated heterocycles. The average Bonchev–Trinajstić information content (AvgIpc) is 2.89. The summed E-state index contributed by atoms with van der Waals surface area (Å²) < 4.78 is 5.09. The number of hydrogen-bond donors (Lipinski definition) is 3. The second-order valence-corrected chi connectivity index (χ2v) is 5.55. The van der Waals surface area contributed by atoms with E-state index in [1.54, 1.807) is 12.1 Å². The number of amides is 2. The highest BCUT2D eigenvalue weighted by Crippen LogP contribution is 2.20. The molecule has 1 aromatic carbocycles. The van der Waals surface area contributed by atoms with Crippen LogP contribution in [0.25, 0.3) is 0 Å². The number of carbonyl (C=O) groups is 2. The molecule has 0 bridgehead atoms. The summed E-state index contributed by atoms with van der Waals surface area (Å²) >= 11 is 0. The van der Waals surface area contributed by atoms with E-state index in [-0.39, 0.29) is 13.0 Å². The Kier molecular flexibility index (Phi) is 4.47. The third-order valence-corrected chi connectivity index (χ3v) is 3.62. The third kappa shape index (κ3) is 3.52. The van der Waals surface area contributed by atoms with Gasteiger partial charge in [-0.15, -0.1) is 0 Å². The molecule has 1 fully saturated rings. The summed E-state index contributed by atoms with van der Waals surface area (Å²) in [6.07, 6.45) is 0.266. The first-order valence-electron chi connectivity index (χ1n) is 6.93. The van der Waals surface area contributed by atoms with Gasteiger partial charge in [0.15, 0.2) is 5.54 Å². The first-order valence-corrected chi connectivity index (χ1v) is 6.93. The van der Waals surface area contributed by atoms with Crippen molar-refractivity contribution in [2.45, 2.75) is 31.7 Å².